The van der Waals surface area contributed by atoms with Crippen LogP contribution in [0.5, 0.6) is 5.75 Å². The van der Waals surface area contributed by atoms with E-state index < -0.39 is 12.4 Å². The highest BCUT2D eigenvalue weighted by Crippen LogP contribution is 2.27. The molecule has 10 heteroatoms. The van der Waals surface area contributed by atoms with Crippen LogP contribution in [-0.4, -0.2) is 37.3 Å². The molecule has 2 N–H and O–H groups in total. The fraction of sp³-hybridized carbons (Fsp3) is 0.429. The predicted octanol–water partition coefficient (Wildman–Crippen LogP) is 5.02. The minimum absolute atomic E-state index is 0.00405. The first-order chi connectivity index (χ1) is 14.7. The maximum atomic E-state index is 12.7. The van der Waals surface area contributed by atoms with Gasteiger partial charge in [0.15, 0.2) is 0 Å². The summed E-state index contributed by atoms with van der Waals surface area (Å²) in [6.07, 6.45) is 2.58. The van der Waals surface area contributed by atoms with Crippen molar-refractivity contribution in [2.24, 2.45) is 10.9 Å². The molecule has 1 atom stereocenters. The molecule has 0 saturated carbocycles. The Hall–Kier alpha value is -2.46. The summed E-state index contributed by atoms with van der Waals surface area (Å²) >= 11 is 1.62. The van der Waals surface area contributed by atoms with E-state index in [4.69, 9.17) is 4.74 Å². The summed E-state index contributed by atoms with van der Waals surface area (Å²) in [6, 6.07) is 3.59. The van der Waals surface area contributed by atoms with Crippen LogP contribution in [0.2, 0.25) is 0 Å². The number of allylic oxidation sites excluding steroid dienone is 2. The summed E-state index contributed by atoms with van der Waals surface area (Å²) in [6.45, 7) is 5.59. The van der Waals surface area contributed by atoms with Crippen LogP contribution < -0.4 is 15.4 Å². The Balaban J connectivity index is 2.97. The van der Waals surface area contributed by atoms with Crippen LogP contribution in [0, 0.1) is 5.92 Å². The van der Waals surface area contributed by atoms with Gasteiger partial charge in [-0.05, 0) is 36.4 Å². The number of halogens is 3. The van der Waals surface area contributed by atoms with Crippen LogP contribution in [-0.2, 0) is 17.9 Å². The number of nitrogens with zero attached hydrogens (tertiary/aromatic N) is 1. The number of methoxy groups -OCH3 is 1. The largest absolute Gasteiger partial charge is 0.573 e. The number of nitrogens with one attached hydrogen (secondary N) is 2. The van der Waals surface area contributed by atoms with E-state index >= 15 is 0 Å². The minimum Gasteiger partial charge on any atom is -0.405 e. The Labute approximate surface area is 185 Å². The SMILES string of the molecule is C=C/C=C/N=C(NC(=O)NCc1cc(COC)ccc1OC(F)(F)F)C(CC)CSC. The quantitative estimate of drug-likeness (QED) is 0.277. The van der Waals surface area contributed by atoms with Crippen molar-refractivity contribution < 1.29 is 27.4 Å². The van der Waals surface area contributed by atoms with Crippen molar-refractivity contribution in [2.45, 2.75) is 32.9 Å². The maximum absolute atomic E-state index is 12.7. The Morgan fingerprint density at radius 2 is 2.13 bits per heavy atom. The fourth-order valence-corrected chi connectivity index (χ4v) is 3.40. The van der Waals surface area contributed by atoms with Gasteiger partial charge in [-0.2, -0.15) is 11.8 Å². The molecule has 1 rings (SSSR count). The molecule has 0 aliphatic carbocycles. The van der Waals surface area contributed by atoms with Crippen LogP contribution in [0.3, 0.4) is 0 Å². The zero-order valence-electron chi connectivity index (χ0n) is 17.8. The van der Waals surface area contributed by atoms with Crippen LogP contribution in [0.1, 0.15) is 24.5 Å². The molecule has 0 bridgehead atoms. The van der Waals surface area contributed by atoms with Crippen LogP contribution in [0.4, 0.5) is 18.0 Å². The lowest BCUT2D eigenvalue weighted by Crippen LogP contribution is -2.42. The number of alkyl halides is 3. The van der Waals surface area contributed by atoms with Gasteiger partial charge < -0.3 is 14.8 Å². The molecule has 1 aromatic carbocycles. The third kappa shape index (κ3) is 10.4. The third-order valence-corrected chi connectivity index (χ3v) is 4.76. The highest BCUT2D eigenvalue weighted by atomic mass is 32.2. The second-order valence-corrected chi connectivity index (χ2v) is 7.29. The lowest BCUT2D eigenvalue weighted by molar-refractivity contribution is -0.274. The molecule has 0 heterocycles. The monoisotopic (exact) mass is 459 g/mol. The number of carbonyl (C=O) groups excluding carboxylic acids is 1. The first-order valence-electron chi connectivity index (χ1n) is 9.49. The molecule has 0 fully saturated rings. The minimum atomic E-state index is -4.84. The fourth-order valence-electron chi connectivity index (χ4n) is 2.60. The van der Waals surface area contributed by atoms with E-state index in [1.807, 2.05) is 13.2 Å². The number of amides is 2. The van der Waals surface area contributed by atoms with Gasteiger partial charge in [0, 0.05) is 37.1 Å². The molecule has 0 aromatic heterocycles. The van der Waals surface area contributed by atoms with Crippen molar-refractivity contribution in [3.05, 3.63) is 54.3 Å². The number of urea groups is 1. The summed E-state index contributed by atoms with van der Waals surface area (Å²) in [5, 5.41) is 5.27. The molecule has 0 spiro atoms. The highest BCUT2D eigenvalue weighted by Gasteiger charge is 2.32. The molecule has 6 nitrogen and oxygen atoms in total. The van der Waals surface area contributed by atoms with Crippen molar-refractivity contribution >= 4 is 23.6 Å². The van der Waals surface area contributed by atoms with Gasteiger partial charge in [0.1, 0.15) is 11.6 Å². The molecular weight excluding hydrogens is 431 g/mol. The first kappa shape index (κ1) is 26.6. The van der Waals surface area contributed by atoms with Crippen LogP contribution in [0.15, 0.2) is 48.1 Å². The molecule has 1 unspecified atom stereocenters. The van der Waals surface area contributed by atoms with E-state index in [9.17, 15) is 18.0 Å². The van der Waals surface area contributed by atoms with E-state index in [0.29, 0.717) is 11.4 Å². The number of amidine groups is 1. The van der Waals surface area contributed by atoms with Gasteiger partial charge in [-0.3, -0.25) is 5.32 Å². The lowest BCUT2D eigenvalue weighted by Gasteiger charge is -2.18. The van der Waals surface area contributed by atoms with Gasteiger partial charge in [0.05, 0.1) is 6.61 Å². The standard InChI is InChI=1S/C21H28F3N3O3S/c1-5-7-10-25-19(16(6-2)14-31-4)27-20(28)26-12-17-11-15(13-29-3)8-9-18(17)30-21(22,23)24/h5,7-11,16H,1,6,12-14H2,2-4H3,(H2,25,26,27,28)/b10-7+. The zero-order valence-corrected chi connectivity index (χ0v) is 18.6. The number of rotatable bonds is 11. The van der Waals surface area contributed by atoms with Gasteiger partial charge in [0.25, 0.3) is 0 Å². The summed E-state index contributed by atoms with van der Waals surface area (Å²) in [5.41, 5.74) is 0.820. The van der Waals surface area contributed by atoms with Gasteiger partial charge >= 0.3 is 12.4 Å². The molecule has 0 radical (unpaired) electrons. The van der Waals surface area contributed by atoms with E-state index in [-0.39, 0.29) is 30.4 Å². The number of thioether (sulfide) groups is 1. The van der Waals surface area contributed by atoms with Crippen molar-refractivity contribution in [1.82, 2.24) is 10.6 Å². The maximum Gasteiger partial charge on any atom is 0.573 e. The number of hydrogen-bond donors (Lipinski definition) is 2. The van der Waals surface area contributed by atoms with E-state index in [0.717, 1.165) is 12.2 Å². The van der Waals surface area contributed by atoms with Crippen molar-refractivity contribution in [3.8, 4) is 5.75 Å². The summed E-state index contributed by atoms with van der Waals surface area (Å²) in [7, 11) is 1.48. The topological polar surface area (TPSA) is 72.0 Å². The Kier molecular flexibility index (Phi) is 11.8. The number of benzene rings is 1. The number of aliphatic imine (C=N–C) groups is 1. The summed E-state index contributed by atoms with van der Waals surface area (Å²) < 4.78 is 47.2. The normalized spacial score (nSPS) is 13.2. The van der Waals surface area contributed by atoms with Gasteiger partial charge in [-0.25, -0.2) is 9.79 Å². The molecular formula is C21H28F3N3O3S. The van der Waals surface area contributed by atoms with Crippen molar-refractivity contribution in [3.63, 3.8) is 0 Å². The Bertz CT molecular complexity index is 783. The predicted molar refractivity (Wildman–Crippen MR) is 118 cm³/mol. The molecule has 2 amide bonds. The summed E-state index contributed by atoms with van der Waals surface area (Å²) in [4.78, 5) is 16.7. The zero-order chi connectivity index (χ0) is 23.3. The molecule has 31 heavy (non-hydrogen) atoms. The highest BCUT2D eigenvalue weighted by molar-refractivity contribution is 7.98. The van der Waals surface area contributed by atoms with Gasteiger partial charge in [-0.15, -0.1) is 13.2 Å². The van der Waals surface area contributed by atoms with Crippen molar-refractivity contribution in [1.29, 1.82) is 0 Å². The average molecular weight is 460 g/mol. The average Bonchev–Trinajstić information content (AvgIpc) is 2.70. The molecule has 0 aliphatic rings. The smallest absolute Gasteiger partial charge is 0.405 e. The van der Waals surface area contributed by atoms with E-state index in [2.05, 4.69) is 26.9 Å². The van der Waals surface area contributed by atoms with Crippen molar-refractivity contribution in [2.75, 3.05) is 19.1 Å². The third-order valence-electron chi connectivity index (χ3n) is 4.03. The van der Waals surface area contributed by atoms with Crippen LogP contribution >= 0.6 is 11.8 Å². The van der Waals surface area contributed by atoms with Crippen LogP contribution in [0.25, 0.3) is 0 Å². The lowest BCUT2D eigenvalue weighted by atomic mass is 10.1. The second-order valence-electron chi connectivity index (χ2n) is 6.38. The summed E-state index contributed by atoms with van der Waals surface area (Å²) in [5.74, 6) is 0.834. The number of carbonyl (C=O) groups is 1. The Morgan fingerprint density at radius 3 is 2.71 bits per heavy atom. The molecule has 1 aromatic rings. The van der Waals surface area contributed by atoms with Gasteiger partial charge in [0.2, 0.25) is 0 Å². The van der Waals surface area contributed by atoms with E-state index in [1.54, 1.807) is 23.9 Å². The second kappa shape index (κ2) is 13.8. The molecule has 0 saturated heterocycles. The molecule has 172 valence electrons. The number of hydrogen-bond acceptors (Lipinski definition) is 5. The number of ether oxygens (including phenoxy) is 2. The van der Waals surface area contributed by atoms with E-state index in [1.165, 1.54) is 31.5 Å². The van der Waals surface area contributed by atoms with Gasteiger partial charge in [-0.1, -0.05) is 25.6 Å². The Morgan fingerprint density at radius 1 is 1.39 bits per heavy atom. The molecule has 0 aliphatic heterocycles. The first-order valence-corrected chi connectivity index (χ1v) is 10.9.